The zero-order chi connectivity index (χ0) is 56.1. The van der Waals surface area contributed by atoms with Gasteiger partial charge in [0.2, 0.25) is 0 Å². The summed E-state index contributed by atoms with van der Waals surface area (Å²) in [6.07, 6.45) is 3.66. The highest BCUT2D eigenvalue weighted by Crippen LogP contribution is 2.44. The summed E-state index contributed by atoms with van der Waals surface area (Å²) >= 11 is 0. The minimum absolute atomic E-state index is 0.0568. The van der Waals surface area contributed by atoms with E-state index in [1.165, 1.54) is 41.0 Å². The minimum atomic E-state index is -0.467. The maximum Gasteiger partial charge on any atom is 0.495 e. The maximum absolute atomic E-state index is 14.8. The van der Waals surface area contributed by atoms with E-state index in [0.29, 0.717) is 5.56 Å². The number of hydrogen-bond donors (Lipinski definition) is 0. The van der Waals surface area contributed by atoms with Crippen LogP contribution in [0.15, 0.2) is 91.0 Å². The summed E-state index contributed by atoms with van der Waals surface area (Å²) in [5.41, 5.74) is 10.5. The van der Waals surface area contributed by atoms with Crippen LogP contribution in [0.25, 0.3) is 11.1 Å². The molecule has 0 aromatic heterocycles. The van der Waals surface area contributed by atoms with E-state index in [1.54, 1.807) is 6.07 Å². The number of ketones is 2. The molecule has 0 N–H and O–H groups in total. The third kappa shape index (κ3) is 13.3. The van der Waals surface area contributed by atoms with E-state index in [9.17, 15) is 18.8 Å². The molecule has 0 atom stereocenters. The Kier molecular flexibility index (Phi) is 19.1. The van der Waals surface area contributed by atoms with Gasteiger partial charge >= 0.3 is 13.1 Å². The van der Waals surface area contributed by atoms with Crippen molar-refractivity contribution in [3.8, 4) is 22.6 Å². The Morgan fingerprint density at radius 3 is 1.31 bits per heavy atom. The molecule has 404 valence electrons. The second kappa shape index (κ2) is 23.8. The second-order valence-corrected chi connectivity index (χ2v) is 23.7. The lowest BCUT2D eigenvalue weighted by Gasteiger charge is -2.34. The topological polar surface area (TPSA) is 97.4 Å². The van der Waals surface area contributed by atoms with Crippen LogP contribution >= 0.6 is 0 Å². The van der Waals surface area contributed by atoms with Gasteiger partial charge in [0, 0.05) is 21.7 Å². The fourth-order valence-corrected chi connectivity index (χ4v) is 9.98. The highest BCUT2D eigenvalue weighted by Gasteiger charge is 2.52. The first-order chi connectivity index (χ1) is 34.9. The Hall–Kier alpha value is -5.58. The van der Waals surface area contributed by atoms with Crippen LogP contribution in [0.2, 0.25) is 0 Å². The second-order valence-electron chi connectivity index (χ2n) is 23.7. The Morgan fingerprint density at radius 2 is 0.947 bits per heavy atom. The van der Waals surface area contributed by atoms with Crippen molar-refractivity contribution >= 4 is 30.1 Å². The normalized spacial score (nSPS) is 14.5. The summed E-state index contributed by atoms with van der Waals surface area (Å²) in [5, 5.41) is 0. The number of carbonyl (C=O) groups excluding carboxylic acids is 3. The Bertz CT molecular complexity index is 2820. The monoisotopic (exact) mass is 1020 g/mol. The standard InChI is InChI=1S/C34H41FO4.C31H45BO4/c1-9-34(10-2,27-14-16-30(23(4)18-27)39-21-31(36)33(5,6)7)26-13-15-28(22(3)17-26)24-11-12-25(29(35)19-24)20-32(37)38-8;1-12-31(13-2,24-15-17-26(22(4)19-24)34-20-27(33)28(5,6)7)23-14-16-25(21(3)18-23)32-35-29(8,9)30(10,11)36-32/h11-19H,9-10,20-21H2,1-8H3;14-19H,12-13,20H2,1-11H3. The van der Waals surface area contributed by atoms with Gasteiger partial charge in [0.05, 0.1) is 24.7 Å². The average molecular weight is 1030 g/mol. The van der Waals surface area contributed by atoms with Crippen molar-refractivity contribution in [2.75, 3.05) is 20.3 Å². The first kappa shape index (κ1) is 60.3. The fourth-order valence-electron chi connectivity index (χ4n) is 9.98. The third-order valence-corrected chi connectivity index (χ3v) is 16.3. The summed E-state index contributed by atoms with van der Waals surface area (Å²) in [6, 6.07) is 30.7. The predicted molar refractivity (Wildman–Crippen MR) is 304 cm³/mol. The van der Waals surface area contributed by atoms with E-state index in [4.69, 9.17) is 18.8 Å². The Labute approximate surface area is 450 Å². The number of ether oxygens (including phenoxy) is 3. The van der Waals surface area contributed by atoms with Crippen molar-refractivity contribution in [1.29, 1.82) is 0 Å². The van der Waals surface area contributed by atoms with Gasteiger partial charge in [-0.1, -0.05) is 148 Å². The van der Waals surface area contributed by atoms with Crippen molar-refractivity contribution in [3.63, 3.8) is 0 Å². The summed E-state index contributed by atoms with van der Waals surface area (Å²) in [7, 11) is 0.933. The summed E-state index contributed by atoms with van der Waals surface area (Å²) in [4.78, 5) is 36.3. The van der Waals surface area contributed by atoms with Crippen LogP contribution in [-0.4, -0.2) is 56.2 Å². The molecule has 1 aliphatic heterocycles. The number of halogens is 1. The van der Waals surface area contributed by atoms with Crippen molar-refractivity contribution in [3.05, 3.63) is 147 Å². The predicted octanol–water partition coefficient (Wildman–Crippen LogP) is 14.6. The lowest BCUT2D eigenvalue weighted by atomic mass is 9.68. The zero-order valence-electron chi connectivity index (χ0n) is 48.8. The van der Waals surface area contributed by atoms with Gasteiger partial charge < -0.3 is 23.5 Å². The number of Topliss-reactive ketones (excluding diaryl/α,β-unsaturated/α-hetero) is 2. The smallest absolute Gasteiger partial charge is 0.486 e. The lowest BCUT2D eigenvalue weighted by molar-refractivity contribution is -0.139. The van der Waals surface area contributed by atoms with Crippen LogP contribution in [0.4, 0.5) is 4.39 Å². The molecule has 0 amide bonds. The number of benzene rings is 5. The third-order valence-electron chi connectivity index (χ3n) is 16.3. The largest absolute Gasteiger partial charge is 0.495 e. The molecule has 10 heteroatoms. The molecular weight excluding hydrogens is 939 g/mol. The van der Waals surface area contributed by atoms with Crippen molar-refractivity contribution < 1.29 is 42.3 Å². The number of carbonyl (C=O) groups is 3. The number of rotatable bonds is 18. The number of esters is 1. The van der Waals surface area contributed by atoms with Crippen molar-refractivity contribution in [1.82, 2.24) is 0 Å². The molecule has 0 bridgehead atoms. The molecule has 1 fully saturated rings. The molecule has 0 unspecified atom stereocenters. The minimum Gasteiger partial charge on any atom is -0.486 e. The quantitative estimate of drug-likeness (QED) is 0.0632. The molecule has 75 heavy (non-hydrogen) atoms. The lowest BCUT2D eigenvalue weighted by Crippen LogP contribution is -2.41. The van der Waals surface area contributed by atoms with Gasteiger partial charge in [-0.15, -0.1) is 0 Å². The SMILES string of the molecule is CCC(CC)(c1ccc(OCC(=O)C(C)(C)C)c(C)c1)c1ccc(-c2ccc(CC(=O)OC)c(F)c2)c(C)c1.CCC(CC)(c1ccc(OCC(=O)C(C)(C)C)c(C)c1)c1ccc(B2OC(C)(C)C(C)(C)O2)c(C)c1. The van der Waals surface area contributed by atoms with Gasteiger partial charge in [0.15, 0.2) is 11.6 Å². The number of methoxy groups -OCH3 is 1. The number of hydrogen-bond acceptors (Lipinski definition) is 8. The molecule has 0 aliphatic carbocycles. The zero-order valence-corrected chi connectivity index (χ0v) is 48.8. The van der Waals surface area contributed by atoms with E-state index in [2.05, 4.69) is 135 Å². The van der Waals surface area contributed by atoms with Gasteiger partial charge in [0.25, 0.3) is 0 Å². The van der Waals surface area contributed by atoms with Crippen LogP contribution in [0.5, 0.6) is 11.5 Å². The fraction of sp³-hybridized carbons (Fsp3) is 0.492. The van der Waals surface area contributed by atoms with Crippen LogP contribution < -0.4 is 14.9 Å². The van der Waals surface area contributed by atoms with Gasteiger partial charge in [-0.3, -0.25) is 14.4 Å². The first-order valence-electron chi connectivity index (χ1n) is 26.9. The first-order valence-corrected chi connectivity index (χ1v) is 26.9. The summed E-state index contributed by atoms with van der Waals surface area (Å²) in [5.74, 6) is 0.771. The molecule has 1 saturated heterocycles. The van der Waals surface area contributed by atoms with E-state index in [-0.39, 0.29) is 60.4 Å². The molecule has 5 aromatic rings. The van der Waals surface area contributed by atoms with E-state index in [1.807, 2.05) is 73.6 Å². The molecule has 1 heterocycles. The molecule has 0 spiro atoms. The van der Waals surface area contributed by atoms with Crippen molar-refractivity contribution in [2.45, 2.75) is 179 Å². The van der Waals surface area contributed by atoms with Crippen molar-refractivity contribution in [2.24, 2.45) is 10.8 Å². The van der Waals surface area contributed by atoms with Crippen LogP contribution in [0, 0.1) is 44.3 Å². The van der Waals surface area contributed by atoms with E-state index >= 15 is 0 Å². The van der Waals surface area contributed by atoms with Crippen LogP contribution in [0.1, 0.15) is 173 Å². The van der Waals surface area contributed by atoms with Gasteiger partial charge in [0.1, 0.15) is 30.5 Å². The van der Waals surface area contributed by atoms with E-state index < -0.39 is 22.6 Å². The molecule has 0 saturated carbocycles. The van der Waals surface area contributed by atoms with Crippen LogP contribution in [0.3, 0.4) is 0 Å². The summed E-state index contributed by atoms with van der Waals surface area (Å²) in [6.45, 7) is 37.1. The maximum atomic E-state index is 14.8. The van der Waals surface area contributed by atoms with Gasteiger partial charge in [-0.2, -0.15) is 0 Å². The average Bonchev–Trinajstić information content (AvgIpc) is 3.57. The van der Waals surface area contributed by atoms with Crippen LogP contribution in [-0.2, 0) is 45.7 Å². The highest BCUT2D eigenvalue weighted by atomic mass is 19.1. The molecule has 6 rings (SSSR count). The highest BCUT2D eigenvalue weighted by molar-refractivity contribution is 6.62. The van der Waals surface area contributed by atoms with Gasteiger partial charge in [-0.05, 0) is 160 Å². The molecule has 1 aliphatic rings. The van der Waals surface area contributed by atoms with Gasteiger partial charge in [-0.25, -0.2) is 4.39 Å². The van der Waals surface area contributed by atoms with E-state index in [0.717, 1.165) is 70.5 Å². The molecule has 0 radical (unpaired) electrons. The molecule has 8 nitrogen and oxygen atoms in total. The molecular formula is C65H86BFO8. The number of aryl methyl sites for hydroxylation is 4. The Morgan fingerprint density at radius 1 is 0.547 bits per heavy atom. The summed E-state index contributed by atoms with van der Waals surface area (Å²) < 4.78 is 43.9. The molecule has 5 aromatic carbocycles. The Balaban J connectivity index is 0.000000278.